The van der Waals surface area contributed by atoms with Crippen LogP contribution in [0.1, 0.15) is 38.7 Å². The molecule has 1 saturated heterocycles. The van der Waals surface area contributed by atoms with Crippen LogP contribution in [-0.2, 0) is 11.3 Å². The largest absolute Gasteiger partial charge is 0.399 e. The maximum absolute atomic E-state index is 13.8. The number of carbonyl (C=O) groups excluding carboxylic acids is 1. The van der Waals surface area contributed by atoms with E-state index in [1.165, 1.54) is 6.07 Å². The molecule has 0 aromatic heterocycles. The molecule has 1 fully saturated rings. The van der Waals surface area contributed by atoms with Gasteiger partial charge in [0.25, 0.3) is 0 Å². The number of nitrogens with two attached hydrogens (primary N) is 1. The lowest BCUT2D eigenvalue weighted by Gasteiger charge is -2.22. The van der Waals surface area contributed by atoms with Crippen LogP contribution in [0.15, 0.2) is 18.2 Å². The molecule has 4 heteroatoms. The normalized spacial score (nSPS) is 20.3. The van der Waals surface area contributed by atoms with E-state index >= 15 is 0 Å². The van der Waals surface area contributed by atoms with Crippen molar-refractivity contribution in [2.45, 2.75) is 39.7 Å². The Labute approximate surface area is 120 Å². The number of likely N-dealkylation sites (tertiary alicyclic amines) is 1. The molecule has 2 rings (SSSR count). The maximum atomic E-state index is 13.8. The van der Waals surface area contributed by atoms with Gasteiger partial charge >= 0.3 is 0 Å². The fraction of sp³-hybridized carbons (Fsp3) is 0.562. The van der Waals surface area contributed by atoms with Crippen LogP contribution in [0.3, 0.4) is 0 Å². The van der Waals surface area contributed by atoms with Gasteiger partial charge in [0.1, 0.15) is 5.82 Å². The van der Waals surface area contributed by atoms with Gasteiger partial charge in [-0.1, -0.05) is 19.9 Å². The van der Waals surface area contributed by atoms with Crippen LogP contribution in [0, 0.1) is 17.7 Å². The van der Waals surface area contributed by atoms with E-state index < -0.39 is 0 Å². The van der Waals surface area contributed by atoms with Crippen molar-refractivity contribution < 1.29 is 9.18 Å². The summed E-state index contributed by atoms with van der Waals surface area (Å²) in [5.74, 6) is 0.975. The first-order valence-corrected chi connectivity index (χ1v) is 7.29. The van der Waals surface area contributed by atoms with Crippen LogP contribution in [-0.4, -0.2) is 17.4 Å². The molecule has 1 aliphatic heterocycles. The van der Waals surface area contributed by atoms with Gasteiger partial charge in [0.05, 0.1) is 0 Å². The highest BCUT2D eigenvalue weighted by Crippen LogP contribution is 2.26. The smallest absolute Gasteiger partial charge is 0.222 e. The number of amides is 1. The second kappa shape index (κ2) is 6.25. The van der Waals surface area contributed by atoms with Crippen molar-refractivity contribution >= 4 is 11.6 Å². The summed E-state index contributed by atoms with van der Waals surface area (Å²) in [5.41, 5.74) is 6.49. The molecular weight excluding hydrogens is 255 g/mol. The van der Waals surface area contributed by atoms with E-state index in [1.54, 1.807) is 17.0 Å². The van der Waals surface area contributed by atoms with Crippen molar-refractivity contribution in [2.24, 2.45) is 11.8 Å². The summed E-state index contributed by atoms with van der Waals surface area (Å²) in [6.45, 7) is 5.45. The number of nitrogen functional groups attached to an aromatic ring is 1. The summed E-state index contributed by atoms with van der Waals surface area (Å²) in [5, 5.41) is 0. The SMILES string of the molecule is CC(C)C1CCC(=O)N(Cc2ccc(N)cc2F)CC1. The third-order valence-electron chi connectivity index (χ3n) is 4.23. The summed E-state index contributed by atoms with van der Waals surface area (Å²) in [6.07, 6.45) is 2.51. The van der Waals surface area contributed by atoms with Gasteiger partial charge in [-0.05, 0) is 36.8 Å². The Morgan fingerprint density at radius 1 is 1.40 bits per heavy atom. The molecule has 0 aliphatic carbocycles. The molecule has 0 bridgehead atoms. The monoisotopic (exact) mass is 278 g/mol. The van der Waals surface area contributed by atoms with Gasteiger partial charge in [0.15, 0.2) is 0 Å². The quantitative estimate of drug-likeness (QED) is 0.863. The first-order valence-electron chi connectivity index (χ1n) is 7.29. The molecule has 1 aromatic carbocycles. The van der Waals surface area contributed by atoms with Crippen LogP contribution in [0.2, 0.25) is 0 Å². The molecule has 0 spiro atoms. The molecule has 110 valence electrons. The molecule has 1 unspecified atom stereocenters. The highest BCUT2D eigenvalue weighted by Gasteiger charge is 2.24. The van der Waals surface area contributed by atoms with Crippen molar-refractivity contribution in [1.82, 2.24) is 4.90 Å². The zero-order valence-electron chi connectivity index (χ0n) is 12.2. The van der Waals surface area contributed by atoms with E-state index in [1.807, 2.05) is 0 Å². The molecule has 1 amide bonds. The Morgan fingerprint density at radius 3 is 2.80 bits per heavy atom. The minimum atomic E-state index is -0.331. The number of carbonyl (C=O) groups is 1. The van der Waals surface area contributed by atoms with E-state index in [0.717, 1.165) is 12.8 Å². The molecule has 1 aromatic rings. The summed E-state index contributed by atoms with van der Waals surface area (Å²) >= 11 is 0. The molecule has 0 radical (unpaired) electrons. The molecule has 1 atom stereocenters. The summed E-state index contributed by atoms with van der Waals surface area (Å²) in [4.78, 5) is 13.9. The van der Waals surface area contributed by atoms with Gasteiger partial charge in [0, 0.05) is 30.8 Å². The van der Waals surface area contributed by atoms with Crippen molar-refractivity contribution in [1.29, 1.82) is 0 Å². The molecular formula is C16H23FN2O. The van der Waals surface area contributed by atoms with E-state index in [9.17, 15) is 9.18 Å². The molecule has 0 saturated carbocycles. The number of hydrogen-bond donors (Lipinski definition) is 1. The maximum Gasteiger partial charge on any atom is 0.222 e. The Bertz CT molecular complexity index is 487. The average Bonchev–Trinajstić information content (AvgIpc) is 2.56. The van der Waals surface area contributed by atoms with Crippen molar-refractivity contribution in [3.8, 4) is 0 Å². The molecule has 1 aliphatic rings. The lowest BCUT2D eigenvalue weighted by Crippen LogP contribution is -2.30. The van der Waals surface area contributed by atoms with Crippen LogP contribution >= 0.6 is 0 Å². The average molecular weight is 278 g/mol. The van der Waals surface area contributed by atoms with E-state index in [-0.39, 0.29) is 11.7 Å². The number of nitrogens with zero attached hydrogens (tertiary/aromatic N) is 1. The standard InChI is InChI=1S/C16H23FN2O/c1-11(2)12-4-6-16(20)19(8-7-12)10-13-3-5-14(18)9-15(13)17/h3,5,9,11-12H,4,6-8,10,18H2,1-2H3. The fourth-order valence-electron chi connectivity index (χ4n) is 2.79. The highest BCUT2D eigenvalue weighted by molar-refractivity contribution is 5.76. The lowest BCUT2D eigenvalue weighted by atomic mass is 9.89. The Morgan fingerprint density at radius 2 is 2.15 bits per heavy atom. The minimum Gasteiger partial charge on any atom is -0.399 e. The number of anilines is 1. The number of benzene rings is 1. The van der Waals surface area contributed by atoms with Crippen molar-refractivity contribution in [3.63, 3.8) is 0 Å². The first-order chi connectivity index (χ1) is 9.47. The first kappa shape index (κ1) is 14.8. The van der Waals surface area contributed by atoms with Crippen molar-refractivity contribution in [3.05, 3.63) is 29.6 Å². The van der Waals surface area contributed by atoms with Gasteiger partial charge in [-0.3, -0.25) is 4.79 Å². The van der Waals surface area contributed by atoms with E-state index in [4.69, 9.17) is 5.73 Å². The van der Waals surface area contributed by atoms with Crippen molar-refractivity contribution in [2.75, 3.05) is 12.3 Å². The third-order valence-corrected chi connectivity index (χ3v) is 4.23. The Kier molecular flexibility index (Phi) is 4.63. The summed E-state index contributed by atoms with van der Waals surface area (Å²) < 4.78 is 13.8. The zero-order chi connectivity index (χ0) is 14.7. The minimum absolute atomic E-state index is 0.129. The van der Waals surface area contributed by atoms with Crippen LogP contribution in [0.4, 0.5) is 10.1 Å². The van der Waals surface area contributed by atoms with Gasteiger partial charge in [-0.15, -0.1) is 0 Å². The van der Waals surface area contributed by atoms with Gasteiger partial charge in [0.2, 0.25) is 5.91 Å². The second-order valence-electron chi connectivity index (χ2n) is 6.00. The fourth-order valence-corrected chi connectivity index (χ4v) is 2.79. The van der Waals surface area contributed by atoms with Gasteiger partial charge in [-0.25, -0.2) is 4.39 Å². The van der Waals surface area contributed by atoms with Gasteiger partial charge < -0.3 is 10.6 Å². The van der Waals surface area contributed by atoms with Crippen LogP contribution in [0.25, 0.3) is 0 Å². The predicted octanol–water partition coefficient (Wildman–Crippen LogP) is 3.19. The molecule has 3 nitrogen and oxygen atoms in total. The molecule has 2 N–H and O–H groups in total. The molecule has 20 heavy (non-hydrogen) atoms. The number of rotatable bonds is 3. The lowest BCUT2D eigenvalue weighted by molar-refractivity contribution is -0.131. The Balaban J connectivity index is 2.06. The van der Waals surface area contributed by atoms with Crippen LogP contribution < -0.4 is 5.73 Å². The predicted molar refractivity (Wildman–Crippen MR) is 78.4 cm³/mol. The van der Waals surface area contributed by atoms with E-state index in [0.29, 0.717) is 42.6 Å². The topological polar surface area (TPSA) is 46.3 Å². The molecule has 1 heterocycles. The summed E-state index contributed by atoms with van der Waals surface area (Å²) in [7, 11) is 0. The number of halogens is 1. The van der Waals surface area contributed by atoms with E-state index in [2.05, 4.69) is 13.8 Å². The van der Waals surface area contributed by atoms with Crippen LogP contribution in [0.5, 0.6) is 0 Å². The highest BCUT2D eigenvalue weighted by atomic mass is 19.1. The number of hydrogen-bond acceptors (Lipinski definition) is 2. The van der Waals surface area contributed by atoms with Gasteiger partial charge in [-0.2, -0.15) is 0 Å². The Hall–Kier alpha value is -1.58. The third kappa shape index (κ3) is 3.50. The second-order valence-corrected chi connectivity index (χ2v) is 6.00. The summed E-state index contributed by atoms with van der Waals surface area (Å²) in [6, 6.07) is 4.66. The zero-order valence-corrected chi connectivity index (χ0v) is 12.2.